The highest BCUT2D eigenvalue weighted by Crippen LogP contribution is 2.39. The first kappa shape index (κ1) is 16.8. The molecule has 5 rings (SSSR count). The molecule has 140 valence electrons. The predicted octanol–water partition coefficient (Wildman–Crippen LogP) is 5.37. The quantitative estimate of drug-likeness (QED) is 0.680. The summed E-state index contributed by atoms with van der Waals surface area (Å²) in [7, 11) is 0. The van der Waals surface area contributed by atoms with Gasteiger partial charge in [0.1, 0.15) is 22.9 Å². The molecule has 0 amide bonds. The van der Waals surface area contributed by atoms with Crippen molar-refractivity contribution in [3.05, 3.63) is 48.0 Å². The smallest absolute Gasteiger partial charge is 0.150 e. The van der Waals surface area contributed by atoms with Crippen LogP contribution in [0.1, 0.15) is 68.7 Å². The van der Waals surface area contributed by atoms with Crippen LogP contribution in [0.5, 0.6) is 0 Å². The average Bonchev–Trinajstić information content (AvgIpc) is 3.03. The minimum absolute atomic E-state index is 0.554. The van der Waals surface area contributed by atoms with Crippen molar-refractivity contribution in [1.29, 1.82) is 0 Å². The Morgan fingerprint density at radius 2 is 1.74 bits per heavy atom. The standard InChI is InChI=1S/C23H28N4/c24-22-21-20(26-23(19-7-4-8-19)27(21)14-13-25-22)18-11-9-17(10-12-18)15-16-5-2-1-3-6-16/h9-14,16,19H,1-8,15H2,(H2,24,25). The van der Waals surface area contributed by atoms with Gasteiger partial charge in [-0.1, -0.05) is 62.8 Å². The van der Waals surface area contributed by atoms with Gasteiger partial charge in [-0.2, -0.15) is 0 Å². The third kappa shape index (κ3) is 3.11. The molecule has 2 fully saturated rings. The van der Waals surface area contributed by atoms with E-state index in [-0.39, 0.29) is 0 Å². The summed E-state index contributed by atoms with van der Waals surface area (Å²) in [4.78, 5) is 9.35. The van der Waals surface area contributed by atoms with Crippen molar-refractivity contribution in [3.8, 4) is 11.3 Å². The van der Waals surface area contributed by atoms with E-state index in [0.29, 0.717) is 11.7 Å². The van der Waals surface area contributed by atoms with E-state index in [4.69, 9.17) is 10.7 Å². The van der Waals surface area contributed by atoms with Gasteiger partial charge < -0.3 is 5.73 Å². The monoisotopic (exact) mass is 360 g/mol. The second-order valence-corrected chi connectivity index (χ2v) is 8.38. The number of nitrogen functional groups attached to an aromatic ring is 1. The third-order valence-electron chi connectivity index (χ3n) is 6.56. The van der Waals surface area contributed by atoms with E-state index in [9.17, 15) is 0 Å². The van der Waals surface area contributed by atoms with Crippen molar-refractivity contribution in [2.45, 2.75) is 63.7 Å². The molecule has 0 atom stereocenters. The van der Waals surface area contributed by atoms with Gasteiger partial charge in [0.25, 0.3) is 0 Å². The number of rotatable bonds is 4. The molecule has 2 aromatic heterocycles. The Morgan fingerprint density at radius 1 is 0.963 bits per heavy atom. The van der Waals surface area contributed by atoms with Crippen LogP contribution in [0.4, 0.5) is 5.82 Å². The minimum atomic E-state index is 0.554. The van der Waals surface area contributed by atoms with Crippen LogP contribution in [-0.2, 0) is 6.42 Å². The summed E-state index contributed by atoms with van der Waals surface area (Å²) in [5.74, 6) is 3.13. The first-order valence-corrected chi connectivity index (χ1v) is 10.5. The zero-order valence-electron chi connectivity index (χ0n) is 15.9. The van der Waals surface area contributed by atoms with Crippen molar-refractivity contribution in [3.63, 3.8) is 0 Å². The lowest BCUT2D eigenvalue weighted by Gasteiger charge is -2.23. The fourth-order valence-corrected chi connectivity index (χ4v) is 4.77. The first-order chi connectivity index (χ1) is 13.3. The van der Waals surface area contributed by atoms with E-state index in [1.54, 1.807) is 6.20 Å². The van der Waals surface area contributed by atoms with Crippen LogP contribution in [0.25, 0.3) is 16.8 Å². The molecule has 4 nitrogen and oxygen atoms in total. The summed E-state index contributed by atoms with van der Waals surface area (Å²) in [6, 6.07) is 9.00. The van der Waals surface area contributed by atoms with Crippen molar-refractivity contribution < 1.29 is 0 Å². The average molecular weight is 361 g/mol. The zero-order valence-corrected chi connectivity index (χ0v) is 15.9. The lowest BCUT2D eigenvalue weighted by atomic mass is 9.84. The molecule has 0 bridgehead atoms. The molecule has 2 aliphatic rings. The fourth-order valence-electron chi connectivity index (χ4n) is 4.77. The molecule has 0 saturated heterocycles. The highest BCUT2D eigenvalue weighted by Gasteiger charge is 2.26. The van der Waals surface area contributed by atoms with Gasteiger partial charge in [0, 0.05) is 23.9 Å². The van der Waals surface area contributed by atoms with Gasteiger partial charge in [0.15, 0.2) is 0 Å². The van der Waals surface area contributed by atoms with Crippen LogP contribution in [0.3, 0.4) is 0 Å². The number of aromatic nitrogens is 3. The van der Waals surface area contributed by atoms with Gasteiger partial charge in [-0.05, 0) is 30.7 Å². The summed E-state index contributed by atoms with van der Waals surface area (Å²) < 4.78 is 2.16. The molecule has 2 aliphatic carbocycles. The van der Waals surface area contributed by atoms with Gasteiger partial charge in [0.05, 0.1) is 0 Å². The van der Waals surface area contributed by atoms with Gasteiger partial charge in [-0.25, -0.2) is 9.97 Å². The highest BCUT2D eigenvalue weighted by atomic mass is 15.1. The van der Waals surface area contributed by atoms with Crippen LogP contribution in [0, 0.1) is 5.92 Å². The number of fused-ring (bicyclic) bond motifs is 1. The molecule has 0 aliphatic heterocycles. The molecule has 27 heavy (non-hydrogen) atoms. The molecule has 3 aromatic rings. The second-order valence-electron chi connectivity index (χ2n) is 8.38. The molecule has 0 radical (unpaired) electrons. The first-order valence-electron chi connectivity index (χ1n) is 10.5. The summed E-state index contributed by atoms with van der Waals surface area (Å²) in [5, 5.41) is 0. The Kier molecular flexibility index (Phi) is 4.35. The maximum Gasteiger partial charge on any atom is 0.150 e. The van der Waals surface area contributed by atoms with Crippen LogP contribution < -0.4 is 5.73 Å². The second kappa shape index (κ2) is 6.99. The number of nitrogens with two attached hydrogens (primary N) is 1. The maximum atomic E-state index is 6.25. The molecule has 4 heteroatoms. The molecule has 1 aromatic carbocycles. The zero-order chi connectivity index (χ0) is 18.2. The topological polar surface area (TPSA) is 56.2 Å². The van der Waals surface area contributed by atoms with E-state index in [1.807, 2.05) is 6.20 Å². The largest absolute Gasteiger partial charge is 0.382 e. The van der Waals surface area contributed by atoms with E-state index < -0.39 is 0 Å². The predicted molar refractivity (Wildman–Crippen MR) is 110 cm³/mol. The van der Waals surface area contributed by atoms with Gasteiger partial charge >= 0.3 is 0 Å². The van der Waals surface area contributed by atoms with Crippen molar-refractivity contribution >= 4 is 11.3 Å². The van der Waals surface area contributed by atoms with Gasteiger partial charge in [0.2, 0.25) is 0 Å². The van der Waals surface area contributed by atoms with Crippen LogP contribution in [-0.4, -0.2) is 14.4 Å². The summed E-state index contributed by atoms with van der Waals surface area (Å²) in [5.41, 5.74) is 10.8. The summed E-state index contributed by atoms with van der Waals surface area (Å²) in [6.45, 7) is 0. The minimum Gasteiger partial charge on any atom is -0.382 e. The molecule has 2 heterocycles. The number of hydrogen-bond acceptors (Lipinski definition) is 3. The van der Waals surface area contributed by atoms with Crippen LogP contribution >= 0.6 is 0 Å². The van der Waals surface area contributed by atoms with Gasteiger partial charge in [-0.15, -0.1) is 0 Å². The Bertz CT molecular complexity index is 931. The van der Waals surface area contributed by atoms with E-state index in [0.717, 1.165) is 28.5 Å². The Labute approximate surface area is 160 Å². The molecular weight excluding hydrogens is 332 g/mol. The summed E-state index contributed by atoms with van der Waals surface area (Å²) in [6.07, 6.45) is 15.7. The maximum absolute atomic E-state index is 6.25. The molecular formula is C23H28N4. The number of nitrogens with zero attached hydrogens (tertiary/aromatic N) is 3. The number of imidazole rings is 1. The Hall–Kier alpha value is -2.36. The third-order valence-corrected chi connectivity index (χ3v) is 6.56. The van der Waals surface area contributed by atoms with E-state index in [2.05, 4.69) is 33.7 Å². The van der Waals surface area contributed by atoms with E-state index in [1.165, 1.54) is 63.4 Å². The van der Waals surface area contributed by atoms with E-state index >= 15 is 0 Å². The molecule has 0 unspecified atom stereocenters. The Balaban J connectivity index is 1.48. The van der Waals surface area contributed by atoms with Gasteiger partial charge in [-0.3, -0.25) is 4.40 Å². The summed E-state index contributed by atoms with van der Waals surface area (Å²) >= 11 is 0. The highest BCUT2D eigenvalue weighted by molar-refractivity contribution is 5.85. The number of hydrogen-bond donors (Lipinski definition) is 1. The molecule has 0 spiro atoms. The van der Waals surface area contributed by atoms with Crippen molar-refractivity contribution in [2.75, 3.05) is 5.73 Å². The van der Waals surface area contributed by atoms with Crippen LogP contribution in [0.2, 0.25) is 0 Å². The SMILES string of the molecule is Nc1nccn2c(C3CCC3)nc(-c3ccc(CC4CCCCC4)cc3)c12. The number of anilines is 1. The Morgan fingerprint density at radius 3 is 2.44 bits per heavy atom. The number of benzene rings is 1. The molecule has 2 N–H and O–H groups in total. The fraction of sp³-hybridized carbons (Fsp3) is 0.478. The lowest BCUT2D eigenvalue weighted by Crippen LogP contribution is -2.12. The van der Waals surface area contributed by atoms with Crippen molar-refractivity contribution in [1.82, 2.24) is 14.4 Å². The normalized spacial score (nSPS) is 18.7. The lowest BCUT2D eigenvalue weighted by molar-refractivity contribution is 0.356. The molecule has 2 saturated carbocycles. The van der Waals surface area contributed by atoms with Crippen LogP contribution in [0.15, 0.2) is 36.7 Å². The van der Waals surface area contributed by atoms with Crippen molar-refractivity contribution in [2.24, 2.45) is 5.92 Å².